The Morgan fingerprint density at radius 3 is 1.74 bits per heavy atom. The highest BCUT2D eigenvalue weighted by atomic mass is 32.2. The first-order valence-corrected chi connectivity index (χ1v) is 13.6. The van der Waals surface area contributed by atoms with Gasteiger partial charge in [-0.2, -0.15) is 4.31 Å². The third-order valence-corrected chi connectivity index (χ3v) is 8.80. The van der Waals surface area contributed by atoms with E-state index in [0.29, 0.717) is 5.56 Å². The Hall–Kier alpha value is -2.99. The Bertz CT molecular complexity index is 1400. The van der Waals surface area contributed by atoms with Crippen molar-refractivity contribution in [2.75, 3.05) is 26.2 Å². The number of hydrogen-bond acceptors (Lipinski definition) is 5. The summed E-state index contributed by atoms with van der Waals surface area (Å²) in [6, 6.07) is 16.2. The normalized spacial score (nSPS) is 15.4. The average molecular weight is 503 g/mol. The minimum absolute atomic E-state index is 0.0223. The van der Waals surface area contributed by atoms with Crippen molar-refractivity contribution in [3.8, 4) is 5.69 Å². The van der Waals surface area contributed by atoms with Crippen molar-refractivity contribution in [1.82, 2.24) is 13.8 Å². The highest BCUT2D eigenvalue weighted by molar-refractivity contribution is 7.89. The Balaban J connectivity index is 1.42. The fourth-order valence-electron chi connectivity index (χ4n) is 4.09. The highest BCUT2D eigenvalue weighted by Gasteiger charge is 2.30. The fourth-order valence-corrected chi connectivity index (χ4v) is 6.03. The van der Waals surface area contributed by atoms with E-state index in [2.05, 4.69) is 4.57 Å². The summed E-state index contributed by atoms with van der Waals surface area (Å²) < 4.78 is 52.1. The Morgan fingerprint density at radius 1 is 0.735 bits per heavy atom. The molecule has 0 radical (unpaired) electrons. The molecule has 1 fully saturated rings. The van der Waals surface area contributed by atoms with Gasteiger partial charge in [0.1, 0.15) is 0 Å². The zero-order chi connectivity index (χ0) is 24.7. The maximum absolute atomic E-state index is 13.0. The number of carbonyl (C=O) groups is 1. The summed E-state index contributed by atoms with van der Waals surface area (Å²) in [6.07, 6.45) is 0. The Labute approximate surface area is 199 Å². The van der Waals surface area contributed by atoms with Crippen LogP contribution in [0.2, 0.25) is 0 Å². The van der Waals surface area contributed by atoms with E-state index >= 15 is 0 Å². The van der Waals surface area contributed by atoms with Crippen LogP contribution in [0.25, 0.3) is 5.69 Å². The van der Waals surface area contributed by atoms with Gasteiger partial charge in [-0.1, -0.05) is 0 Å². The van der Waals surface area contributed by atoms with E-state index in [1.54, 1.807) is 17.0 Å². The third kappa shape index (κ3) is 4.64. The number of aryl methyl sites for hydroxylation is 2. The third-order valence-electron chi connectivity index (χ3n) is 5.96. The van der Waals surface area contributed by atoms with Crippen LogP contribution in [0.1, 0.15) is 21.7 Å². The standard InChI is InChI=1S/C23H26N4O5S2/c1-17-3-4-18(2)27(17)20-7-5-19(6-8-20)23(28)25-13-15-26(16-14-25)34(31,32)22-11-9-21(10-12-22)33(24,29)30/h3-12H,13-16H2,1-2H3,(H2,24,29,30). The van der Waals surface area contributed by atoms with E-state index in [4.69, 9.17) is 5.14 Å². The van der Waals surface area contributed by atoms with Crippen molar-refractivity contribution in [3.63, 3.8) is 0 Å². The summed E-state index contributed by atoms with van der Waals surface area (Å²) in [5, 5.41) is 5.07. The largest absolute Gasteiger partial charge is 0.336 e. The van der Waals surface area contributed by atoms with Gasteiger partial charge in [0.05, 0.1) is 9.79 Å². The van der Waals surface area contributed by atoms with Crippen molar-refractivity contribution in [3.05, 3.63) is 77.6 Å². The second-order valence-corrected chi connectivity index (χ2v) is 11.7. The monoisotopic (exact) mass is 502 g/mol. The number of nitrogens with zero attached hydrogens (tertiary/aromatic N) is 3. The second kappa shape index (κ2) is 8.99. The van der Waals surface area contributed by atoms with Crippen LogP contribution in [0.15, 0.2) is 70.5 Å². The zero-order valence-corrected chi connectivity index (χ0v) is 20.5. The predicted molar refractivity (Wildman–Crippen MR) is 128 cm³/mol. The minimum Gasteiger partial charge on any atom is -0.336 e. The molecule has 0 saturated carbocycles. The van der Waals surface area contributed by atoms with Crippen LogP contribution in [-0.2, 0) is 20.0 Å². The van der Waals surface area contributed by atoms with Gasteiger partial charge < -0.3 is 9.47 Å². The molecule has 2 aromatic carbocycles. The summed E-state index contributed by atoms with van der Waals surface area (Å²) in [4.78, 5) is 14.4. The number of primary sulfonamides is 1. The van der Waals surface area contributed by atoms with Gasteiger partial charge in [0.25, 0.3) is 5.91 Å². The molecule has 1 aliphatic heterocycles. The van der Waals surface area contributed by atoms with Gasteiger partial charge in [-0.3, -0.25) is 4.79 Å². The molecular weight excluding hydrogens is 476 g/mol. The van der Waals surface area contributed by atoms with Crippen molar-refractivity contribution < 1.29 is 21.6 Å². The molecule has 0 aliphatic carbocycles. The second-order valence-electron chi connectivity index (χ2n) is 8.21. The quantitative estimate of drug-likeness (QED) is 0.571. The van der Waals surface area contributed by atoms with E-state index < -0.39 is 20.0 Å². The number of carbonyl (C=O) groups excluding carboxylic acids is 1. The molecule has 0 atom stereocenters. The number of aromatic nitrogens is 1. The average Bonchev–Trinajstić information content (AvgIpc) is 3.16. The highest BCUT2D eigenvalue weighted by Crippen LogP contribution is 2.21. The molecule has 0 unspecified atom stereocenters. The molecule has 9 nitrogen and oxygen atoms in total. The first-order chi connectivity index (χ1) is 16.0. The van der Waals surface area contributed by atoms with Gasteiger partial charge in [0, 0.05) is 48.8 Å². The Morgan fingerprint density at radius 2 is 1.24 bits per heavy atom. The van der Waals surface area contributed by atoms with Gasteiger partial charge in [0.2, 0.25) is 20.0 Å². The maximum Gasteiger partial charge on any atom is 0.253 e. The number of amides is 1. The molecule has 1 amide bonds. The lowest BCUT2D eigenvalue weighted by Gasteiger charge is -2.34. The molecule has 2 heterocycles. The predicted octanol–water partition coefficient (Wildman–Crippen LogP) is 1.89. The van der Waals surface area contributed by atoms with Gasteiger partial charge in [0.15, 0.2) is 0 Å². The fraction of sp³-hybridized carbons (Fsp3) is 0.261. The van der Waals surface area contributed by atoms with Gasteiger partial charge in [-0.05, 0) is 74.5 Å². The molecule has 0 bridgehead atoms. The zero-order valence-electron chi connectivity index (χ0n) is 18.9. The van der Waals surface area contributed by atoms with Crippen LogP contribution in [0, 0.1) is 13.8 Å². The molecule has 4 rings (SSSR count). The molecule has 1 aliphatic rings. The molecule has 34 heavy (non-hydrogen) atoms. The van der Waals surface area contributed by atoms with Crippen LogP contribution < -0.4 is 5.14 Å². The molecule has 3 aromatic rings. The summed E-state index contributed by atoms with van der Waals surface area (Å²) in [6.45, 7) is 4.84. The van der Waals surface area contributed by atoms with E-state index in [9.17, 15) is 21.6 Å². The van der Waals surface area contributed by atoms with E-state index in [-0.39, 0.29) is 41.9 Å². The number of piperazine rings is 1. The van der Waals surface area contributed by atoms with Crippen molar-refractivity contribution in [2.24, 2.45) is 5.14 Å². The number of hydrogen-bond donors (Lipinski definition) is 1. The van der Waals surface area contributed by atoms with Crippen LogP contribution in [-0.4, -0.2) is 62.7 Å². The van der Waals surface area contributed by atoms with E-state index in [0.717, 1.165) is 17.1 Å². The lowest BCUT2D eigenvalue weighted by molar-refractivity contribution is 0.0698. The molecule has 2 N–H and O–H groups in total. The number of sulfonamides is 2. The molecule has 1 saturated heterocycles. The van der Waals surface area contributed by atoms with Crippen LogP contribution in [0.5, 0.6) is 0 Å². The minimum atomic E-state index is -3.91. The van der Waals surface area contributed by atoms with E-state index in [1.807, 2.05) is 38.1 Å². The molecular formula is C23H26N4O5S2. The van der Waals surface area contributed by atoms with Crippen molar-refractivity contribution >= 4 is 26.0 Å². The van der Waals surface area contributed by atoms with Crippen molar-refractivity contribution in [1.29, 1.82) is 0 Å². The van der Waals surface area contributed by atoms with Gasteiger partial charge in [-0.15, -0.1) is 0 Å². The van der Waals surface area contributed by atoms with Crippen LogP contribution >= 0.6 is 0 Å². The molecule has 180 valence electrons. The number of nitrogens with two attached hydrogens (primary N) is 1. The van der Waals surface area contributed by atoms with Gasteiger partial charge >= 0.3 is 0 Å². The van der Waals surface area contributed by atoms with Crippen LogP contribution in [0.3, 0.4) is 0 Å². The lowest BCUT2D eigenvalue weighted by atomic mass is 10.1. The summed E-state index contributed by atoms with van der Waals surface area (Å²) in [5.41, 5.74) is 3.73. The SMILES string of the molecule is Cc1ccc(C)n1-c1ccc(C(=O)N2CCN(S(=O)(=O)c3ccc(S(N)(=O)=O)cc3)CC2)cc1. The maximum atomic E-state index is 13.0. The molecule has 11 heteroatoms. The first-order valence-electron chi connectivity index (χ1n) is 10.7. The number of benzene rings is 2. The number of rotatable bonds is 5. The topological polar surface area (TPSA) is 123 Å². The molecule has 0 spiro atoms. The van der Waals surface area contributed by atoms with Gasteiger partial charge in [-0.25, -0.2) is 22.0 Å². The smallest absolute Gasteiger partial charge is 0.253 e. The van der Waals surface area contributed by atoms with E-state index in [1.165, 1.54) is 28.6 Å². The summed E-state index contributed by atoms with van der Waals surface area (Å²) >= 11 is 0. The van der Waals surface area contributed by atoms with Crippen molar-refractivity contribution in [2.45, 2.75) is 23.6 Å². The molecule has 1 aromatic heterocycles. The summed E-state index contributed by atoms with van der Waals surface area (Å²) in [7, 11) is -7.73. The lowest BCUT2D eigenvalue weighted by Crippen LogP contribution is -2.50. The Kier molecular flexibility index (Phi) is 6.38. The van der Waals surface area contributed by atoms with Crippen LogP contribution in [0.4, 0.5) is 0 Å². The first kappa shape index (κ1) is 24.1. The summed E-state index contributed by atoms with van der Waals surface area (Å²) in [5.74, 6) is -0.151.